The average molecular weight is 182 g/mol. The number of unbranched alkanes of at least 4 members (excludes halogenated alkanes) is 3. The molecule has 0 N–H and O–H groups in total. The van der Waals surface area contributed by atoms with E-state index < -0.39 is 5.97 Å². The van der Waals surface area contributed by atoms with Crippen LogP contribution in [0.2, 0.25) is 0 Å². The average Bonchev–Trinajstić information content (AvgIpc) is 1.88. The van der Waals surface area contributed by atoms with Gasteiger partial charge in [-0.3, -0.25) is 0 Å². The van der Waals surface area contributed by atoms with E-state index in [0.717, 1.165) is 26.1 Å². The summed E-state index contributed by atoms with van der Waals surface area (Å²) in [5, 5.41) is 8.89. The summed E-state index contributed by atoms with van der Waals surface area (Å²) in [6.45, 7) is 3.10. The van der Waals surface area contributed by atoms with Crippen LogP contribution < -0.4 is 34.7 Å². The maximum Gasteiger partial charge on any atom is 1.00 e. The zero-order valence-electron chi connectivity index (χ0n) is 8.13. The number of carboxylic acid groups (broad SMARTS) is 1. The molecule has 3 nitrogen and oxygen atoms in total. The van der Waals surface area contributed by atoms with E-state index in [9.17, 15) is 4.79 Å². The van der Waals surface area contributed by atoms with Gasteiger partial charge in [-0.2, -0.15) is 0 Å². The molecule has 66 valence electrons. The smallest absolute Gasteiger partial charge is 0.550 e. The molecule has 0 heterocycles. The molecule has 0 rings (SSSR count). The number of hydrogen-bond acceptors (Lipinski definition) is 3. The number of aliphatic carboxylic acids is 1. The number of rotatable bonds is 4. The first-order valence-electron chi connectivity index (χ1n) is 3.76. The van der Waals surface area contributed by atoms with Gasteiger partial charge >= 0.3 is 29.6 Å². The van der Waals surface area contributed by atoms with Crippen LogP contribution in [0.5, 0.6) is 0 Å². The topological polar surface area (TPSA) is 57.2 Å². The van der Waals surface area contributed by atoms with Crippen LogP contribution in [-0.4, -0.2) is 12.3 Å². The van der Waals surface area contributed by atoms with Gasteiger partial charge in [-0.1, -0.05) is 19.8 Å². The molecule has 0 aliphatic carbocycles. The minimum atomic E-state index is -1.08. The summed E-state index contributed by atoms with van der Waals surface area (Å²) in [4.78, 5) is 18.6. The van der Waals surface area contributed by atoms with Crippen LogP contribution in [0, 0.1) is 0 Å². The van der Waals surface area contributed by atoms with Crippen molar-refractivity contribution in [3.8, 4) is 0 Å². The van der Waals surface area contributed by atoms with Crippen LogP contribution in [0.3, 0.4) is 0 Å². The fourth-order valence-corrected chi connectivity index (χ4v) is 0.478. The van der Waals surface area contributed by atoms with Crippen molar-refractivity contribution in [3.05, 3.63) is 0 Å². The van der Waals surface area contributed by atoms with Gasteiger partial charge < -0.3 is 14.7 Å². The summed E-state index contributed by atoms with van der Waals surface area (Å²) in [5.41, 5.74) is 0. The van der Waals surface area contributed by atoms with E-state index >= 15 is 0 Å². The quantitative estimate of drug-likeness (QED) is 0.275. The Bertz CT molecular complexity index is 100. The van der Waals surface area contributed by atoms with Crippen molar-refractivity contribution >= 4 is 12.3 Å². The van der Waals surface area contributed by atoms with Crippen LogP contribution >= 0.6 is 0 Å². The molecular formula is C8H15NaO3. The maximum atomic E-state index is 9.68. The van der Waals surface area contributed by atoms with Crippen molar-refractivity contribution in [2.75, 3.05) is 0 Å². The molecule has 4 heteroatoms. The Morgan fingerprint density at radius 2 is 1.83 bits per heavy atom. The molecule has 0 atom stereocenters. The fourth-order valence-electron chi connectivity index (χ4n) is 0.478. The van der Waals surface area contributed by atoms with Crippen LogP contribution in [0.4, 0.5) is 0 Å². The zero-order chi connectivity index (χ0) is 9.11. The number of carbonyl (C=O) groups excluding carboxylic acids is 2. The second-order valence-corrected chi connectivity index (χ2v) is 2.15. The van der Waals surface area contributed by atoms with E-state index in [1.165, 1.54) is 12.8 Å². The Hall–Kier alpha value is 0.140. The third-order valence-corrected chi connectivity index (χ3v) is 0.926. The Morgan fingerprint density at radius 3 is 2.08 bits per heavy atom. The predicted molar refractivity (Wildman–Crippen MR) is 40.9 cm³/mol. The van der Waals surface area contributed by atoms with Crippen molar-refractivity contribution < 1.29 is 44.3 Å². The van der Waals surface area contributed by atoms with Crippen LogP contribution in [0.25, 0.3) is 0 Å². The van der Waals surface area contributed by atoms with Gasteiger partial charge in [0, 0.05) is 12.4 Å². The van der Waals surface area contributed by atoms with Gasteiger partial charge in [-0.15, -0.1) is 0 Å². The molecule has 0 unspecified atom stereocenters. The fraction of sp³-hybridized carbons (Fsp3) is 0.750. The second kappa shape index (κ2) is 17.3. The largest absolute Gasteiger partial charge is 1.00 e. The van der Waals surface area contributed by atoms with Gasteiger partial charge in [0.2, 0.25) is 0 Å². The molecule has 0 saturated carbocycles. The number of carboxylic acids is 1. The summed E-state index contributed by atoms with van der Waals surface area (Å²) in [5.74, 6) is -1.08. The Morgan fingerprint density at radius 1 is 1.42 bits per heavy atom. The molecule has 0 aliphatic rings. The summed E-state index contributed by atoms with van der Waals surface area (Å²) in [6.07, 6.45) is 5.19. The van der Waals surface area contributed by atoms with Crippen LogP contribution in [-0.2, 0) is 9.59 Å². The number of hydrogen-bond donors (Lipinski definition) is 0. The predicted octanol–water partition coefficient (Wildman–Crippen LogP) is -2.47. The summed E-state index contributed by atoms with van der Waals surface area (Å²) in [7, 11) is 0. The molecule has 0 fully saturated rings. The zero-order valence-corrected chi connectivity index (χ0v) is 10.1. The maximum absolute atomic E-state index is 9.68. The van der Waals surface area contributed by atoms with Crippen molar-refractivity contribution in [1.29, 1.82) is 0 Å². The molecule has 0 bridgehead atoms. The Labute approximate surface area is 95.8 Å². The molecule has 0 amide bonds. The second-order valence-electron chi connectivity index (χ2n) is 2.15. The van der Waals surface area contributed by atoms with E-state index in [0.29, 0.717) is 0 Å². The van der Waals surface area contributed by atoms with Crippen LogP contribution in [0.1, 0.15) is 39.5 Å². The summed E-state index contributed by atoms with van der Waals surface area (Å²) < 4.78 is 0. The molecule has 12 heavy (non-hydrogen) atoms. The van der Waals surface area contributed by atoms with Gasteiger partial charge in [-0.25, -0.2) is 0 Å². The monoisotopic (exact) mass is 182 g/mol. The van der Waals surface area contributed by atoms with Gasteiger partial charge in [0.05, 0.1) is 0 Å². The normalized spacial score (nSPS) is 7.17. The Balaban J connectivity index is -0.000000142. The third kappa shape index (κ3) is 49.4. The summed E-state index contributed by atoms with van der Waals surface area (Å²) >= 11 is 0. The Kier molecular flexibility index (Phi) is 26.0. The summed E-state index contributed by atoms with van der Waals surface area (Å²) in [6, 6.07) is 0. The van der Waals surface area contributed by atoms with E-state index in [1.54, 1.807) is 0 Å². The van der Waals surface area contributed by atoms with Gasteiger partial charge in [0.15, 0.2) is 0 Å². The molecule has 0 spiro atoms. The van der Waals surface area contributed by atoms with E-state index in [1.807, 2.05) is 0 Å². The molecule has 0 aromatic rings. The standard InChI is InChI=1S/C6H12O.C2H4O2.Na/c1-2-3-4-5-6-7;1-2(3)4;/h6H,2-5H2,1H3;1H3,(H,3,4);/q;;+1/p-1. The molecule has 0 radical (unpaired) electrons. The van der Waals surface area contributed by atoms with Gasteiger partial charge in [0.1, 0.15) is 6.29 Å². The van der Waals surface area contributed by atoms with E-state index in [4.69, 9.17) is 9.90 Å². The molecular weight excluding hydrogens is 167 g/mol. The SMILES string of the molecule is CC(=O)[O-].CCCCCC=O.[Na+]. The van der Waals surface area contributed by atoms with Gasteiger partial charge in [-0.05, 0) is 13.3 Å². The molecule has 0 aromatic heterocycles. The van der Waals surface area contributed by atoms with Gasteiger partial charge in [0.25, 0.3) is 0 Å². The van der Waals surface area contributed by atoms with Crippen molar-refractivity contribution in [1.82, 2.24) is 0 Å². The first-order chi connectivity index (χ1) is 5.15. The first kappa shape index (κ1) is 18.0. The third-order valence-electron chi connectivity index (χ3n) is 0.926. The number of carbonyl (C=O) groups is 2. The first-order valence-corrected chi connectivity index (χ1v) is 3.76. The molecule has 0 aromatic carbocycles. The molecule has 0 aliphatic heterocycles. The minimum absolute atomic E-state index is 0. The van der Waals surface area contributed by atoms with Crippen molar-refractivity contribution in [2.45, 2.75) is 39.5 Å². The van der Waals surface area contributed by atoms with Crippen LogP contribution in [0.15, 0.2) is 0 Å². The van der Waals surface area contributed by atoms with E-state index in [2.05, 4.69) is 6.92 Å². The molecule has 0 saturated heterocycles. The van der Waals surface area contributed by atoms with Crippen molar-refractivity contribution in [2.24, 2.45) is 0 Å². The van der Waals surface area contributed by atoms with E-state index in [-0.39, 0.29) is 29.6 Å². The minimum Gasteiger partial charge on any atom is -0.550 e. The van der Waals surface area contributed by atoms with Crippen molar-refractivity contribution in [3.63, 3.8) is 0 Å². The number of aldehydes is 1.